The quantitative estimate of drug-likeness (QED) is 0.929. The molecule has 0 saturated carbocycles. The average Bonchev–Trinajstić information content (AvgIpc) is 2.74. The van der Waals surface area contributed by atoms with Crippen LogP contribution in [0.5, 0.6) is 0 Å². The molecule has 3 heteroatoms. The first-order valence-electron chi connectivity index (χ1n) is 8.75. The molecule has 1 amide bonds. The summed E-state index contributed by atoms with van der Waals surface area (Å²) in [5.41, 5.74) is 5.08. The Hall–Kier alpha value is -2.13. The number of carbonyl (C=O) groups is 1. The smallest absolute Gasteiger partial charge is 0.222 e. The van der Waals surface area contributed by atoms with E-state index in [0.29, 0.717) is 12.5 Å². The van der Waals surface area contributed by atoms with E-state index in [9.17, 15) is 4.79 Å². The Bertz CT molecular complexity index is 710. The van der Waals surface area contributed by atoms with Crippen LogP contribution in [0.2, 0.25) is 0 Å². The van der Waals surface area contributed by atoms with Gasteiger partial charge in [0, 0.05) is 32.6 Å². The summed E-state index contributed by atoms with van der Waals surface area (Å²) in [6.45, 7) is 3.77. The van der Waals surface area contributed by atoms with Crippen molar-refractivity contribution in [2.24, 2.45) is 0 Å². The number of aryl methyl sites for hydroxylation is 1. The standard InChI is InChI=1S/C21H26N2O/c1-16-6-3-8-18(12-16)19-9-4-7-17(13-19)14-22-20-10-5-11-21(24)23(2)15-20/h3-4,6-9,12-13,20,22H,5,10-11,14-15H2,1-2H3. The molecule has 0 spiro atoms. The molecule has 1 fully saturated rings. The van der Waals surface area contributed by atoms with Gasteiger partial charge in [0.25, 0.3) is 0 Å². The van der Waals surface area contributed by atoms with E-state index in [0.717, 1.165) is 25.9 Å². The molecule has 2 aromatic rings. The molecule has 1 N–H and O–H groups in total. The number of carbonyl (C=O) groups excluding carboxylic acids is 1. The molecule has 0 aliphatic carbocycles. The highest BCUT2D eigenvalue weighted by Crippen LogP contribution is 2.21. The van der Waals surface area contributed by atoms with E-state index < -0.39 is 0 Å². The first-order chi connectivity index (χ1) is 11.6. The molecule has 0 radical (unpaired) electrons. The van der Waals surface area contributed by atoms with E-state index in [1.165, 1.54) is 22.3 Å². The molecule has 24 heavy (non-hydrogen) atoms. The van der Waals surface area contributed by atoms with E-state index in [-0.39, 0.29) is 5.91 Å². The van der Waals surface area contributed by atoms with Crippen LogP contribution in [-0.4, -0.2) is 30.4 Å². The van der Waals surface area contributed by atoms with Gasteiger partial charge in [-0.25, -0.2) is 0 Å². The van der Waals surface area contributed by atoms with E-state index >= 15 is 0 Å². The first-order valence-corrected chi connectivity index (χ1v) is 8.75. The zero-order valence-electron chi connectivity index (χ0n) is 14.6. The van der Waals surface area contributed by atoms with Crippen molar-refractivity contribution in [2.45, 2.75) is 38.8 Å². The summed E-state index contributed by atoms with van der Waals surface area (Å²) in [6, 6.07) is 17.7. The van der Waals surface area contributed by atoms with Crippen LogP contribution >= 0.6 is 0 Å². The van der Waals surface area contributed by atoms with Gasteiger partial charge in [0.1, 0.15) is 0 Å². The fourth-order valence-electron chi connectivity index (χ4n) is 3.33. The minimum Gasteiger partial charge on any atom is -0.344 e. The topological polar surface area (TPSA) is 32.3 Å². The Morgan fingerprint density at radius 2 is 1.88 bits per heavy atom. The minimum absolute atomic E-state index is 0.265. The second-order valence-corrected chi connectivity index (χ2v) is 6.81. The van der Waals surface area contributed by atoms with Gasteiger partial charge in [-0.05, 0) is 42.5 Å². The molecule has 1 atom stereocenters. The van der Waals surface area contributed by atoms with Crippen molar-refractivity contribution < 1.29 is 4.79 Å². The number of likely N-dealkylation sites (N-methyl/N-ethyl adjacent to an activating group) is 1. The largest absolute Gasteiger partial charge is 0.344 e. The zero-order chi connectivity index (χ0) is 16.9. The van der Waals surface area contributed by atoms with Gasteiger partial charge >= 0.3 is 0 Å². The minimum atomic E-state index is 0.265. The van der Waals surface area contributed by atoms with Gasteiger partial charge in [0.15, 0.2) is 0 Å². The van der Waals surface area contributed by atoms with Crippen molar-refractivity contribution in [1.82, 2.24) is 10.2 Å². The summed E-state index contributed by atoms with van der Waals surface area (Å²) in [6.07, 6.45) is 2.72. The van der Waals surface area contributed by atoms with Gasteiger partial charge in [-0.2, -0.15) is 0 Å². The van der Waals surface area contributed by atoms with Gasteiger partial charge in [0.2, 0.25) is 5.91 Å². The summed E-state index contributed by atoms with van der Waals surface area (Å²) in [5, 5.41) is 3.63. The molecule has 126 valence electrons. The zero-order valence-corrected chi connectivity index (χ0v) is 14.6. The highest BCUT2D eigenvalue weighted by atomic mass is 16.2. The molecule has 1 saturated heterocycles. The van der Waals surface area contributed by atoms with Crippen LogP contribution in [0.25, 0.3) is 11.1 Å². The van der Waals surface area contributed by atoms with Crippen molar-refractivity contribution in [2.75, 3.05) is 13.6 Å². The summed E-state index contributed by atoms with van der Waals surface area (Å²) >= 11 is 0. The van der Waals surface area contributed by atoms with E-state index in [4.69, 9.17) is 0 Å². The number of rotatable bonds is 4. The summed E-state index contributed by atoms with van der Waals surface area (Å²) < 4.78 is 0. The SMILES string of the molecule is Cc1cccc(-c2cccc(CNC3CCCC(=O)N(C)C3)c2)c1. The fourth-order valence-corrected chi connectivity index (χ4v) is 3.33. The van der Waals surface area contributed by atoms with Crippen LogP contribution in [0.1, 0.15) is 30.4 Å². The lowest BCUT2D eigenvalue weighted by Gasteiger charge is -2.21. The van der Waals surface area contributed by atoms with Crippen LogP contribution in [-0.2, 0) is 11.3 Å². The monoisotopic (exact) mass is 322 g/mol. The summed E-state index contributed by atoms with van der Waals surface area (Å²) in [4.78, 5) is 13.6. The Morgan fingerprint density at radius 1 is 1.12 bits per heavy atom. The van der Waals surface area contributed by atoms with Gasteiger partial charge in [-0.15, -0.1) is 0 Å². The predicted molar refractivity (Wildman–Crippen MR) is 98.7 cm³/mol. The van der Waals surface area contributed by atoms with Crippen molar-refractivity contribution in [3.05, 3.63) is 59.7 Å². The molecule has 1 heterocycles. The van der Waals surface area contributed by atoms with Crippen molar-refractivity contribution in [3.63, 3.8) is 0 Å². The molecular weight excluding hydrogens is 296 g/mol. The van der Waals surface area contributed by atoms with Gasteiger partial charge < -0.3 is 10.2 Å². The Balaban J connectivity index is 1.66. The van der Waals surface area contributed by atoms with Crippen molar-refractivity contribution in [3.8, 4) is 11.1 Å². The van der Waals surface area contributed by atoms with Gasteiger partial charge in [-0.1, -0.05) is 48.0 Å². The summed E-state index contributed by atoms with van der Waals surface area (Å²) in [7, 11) is 1.90. The normalized spacial score (nSPS) is 18.5. The average molecular weight is 322 g/mol. The number of benzene rings is 2. The third kappa shape index (κ3) is 4.24. The second-order valence-electron chi connectivity index (χ2n) is 6.81. The molecule has 1 unspecified atom stereocenters. The maximum atomic E-state index is 11.8. The predicted octanol–water partition coefficient (Wildman–Crippen LogP) is 3.76. The molecule has 3 nitrogen and oxygen atoms in total. The lowest BCUT2D eigenvalue weighted by atomic mass is 10.0. The molecule has 1 aliphatic rings. The highest BCUT2D eigenvalue weighted by molar-refractivity contribution is 5.76. The molecular formula is C21H26N2O. The maximum absolute atomic E-state index is 11.8. The number of nitrogens with zero attached hydrogens (tertiary/aromatic N) is 1. The Kier molecular flexibility index (Phi) is 5.31. The van der Waals surface area contributed by atoms with Gasteiger partial charge in [0.05, 0.1) is 0 Å². The third-order valence-electron chi connectivity index (χ3n) is 4.74. The molecule has 1 aliphatic heterocycles. The van der Waals surface area contributed by atoms with Crippen LogP contribution < -0.4 is 5.32 Å². The molecule has 3 rings (SSSR count). The number of nitrogens with one attached hydrogen (secondary N) is 1. The molecule has 2 aromatic carbocycles. The fraction of sp³-hybridized carbons (Fsp3) is 0.381. The van der Waals surface area contributed by atoms with Crippen molar-refractivity contribution >= 4 is 5.91 Å². The Labute approximate surface area is 144 Å². The number of amides is 1. The molecule has 0 aromatic heterocycles. The van der Waals surface area contributed by atoms with Crippen LogP contribution in [0.15, 0.2) is 48.5 Å². The molecule has 0 bridgehead atoms. The number of likely N-dealkylation sites (tertiary alicyclic amines) is 1. The lowest BCUT2D eigenvalue weighted by Crippen LogP contribution is -2.39. The number of hydrogen-bond donors (Lipinski definition) is 1. The van der Waals surface area contributed by atoms with Crippen LogP contribution in [0.3, 0.4) is 0 Å². The van der Waals surface area contributed by atoms with Crippen LogP contribution in [0, 0.1) is 6.92 Å². The first kappa shape index (κ1) is 16.7. The van der Waals surface area contributed by atoms with Gasteiger partial charge in [-0.3, -0.25) is 4.79 Å². The summed E-state index contributed by atoms with van der Waals surface area (Å²) in [5.74, 6) is 0.265. The van der Waals surface area contributed by atoms with Crippen molar-refractivity contribution in [1.29, 1.82) is 0 Å². The lowest BCUT2D eigenvalue weighted by molar-refractivity contribution is -0.129. The van der Waals surface area contributed by atoms with E-state index in [1.807, 2.05) is 11.9 Å². The van der Waals surface area contributed by atoms with Crippen LogP contribution in [0.4, 0.5) is 0 Å². The van der Waals surface area contributed by atoms with E-state index in [2.05, 4.69) is 60.8 Å². The maximum Gasteiger partial charge on any atom is 0.222 e. The second kappa shape index (κ2) is 7.63. The number of hydrogen-bond acceptors (Lipinski definition) is 2. The highest BCUT2D eigenvalue weighted by Gasteiger charge is 2.19. The Morgan fingerprint density at radius 3 is 2.67 bits per heavy atom. The van der Waals surface area contributed by atoms with E-state index in [1.54, 1.807) is 0 Å². The third-order valence-corrected chi connectivity index (χ3v) is 4.74.